The van der Waals surface area contributed by atoms with Gasteiger partial charge in [0.1, 0.15) is 17.2 Å². The molecule has 0 aliphatic carbocycles. The van der Waals surface area contributed by atoms with Gasteiger partial charge in [-0.1, -0.05) is 6.92 Å². The van der Waals surface area contributed by atoms with Gasteiger partial charge in [0, 0.05) is 18.2 Å². The third-order valence-corrected chi connectivity index (χ3v) is 1.57. The maximum Gasteiger partial charge on any atom is 0.126 e. The monoisotopic (exact) mass is 182 g/mol. The molecule has 0 bridgehead atoms. The molecule has 13 heavy (non-hydrogen) atoms. The van der Waals surface area contributed by atoms with Crippen LogP contribution >= 0.6 is 0 Å². The summed E-state index contributed by atoms with van der Waals surface area (Å²) in [6, 6.07) is 4.85. The topological polar surface area (TPSA) is 38.7 Å². The number of ether oxygens (including phenoxy) is 2. The Bertz CT molecular complexity index is 271. The lowest BCUT2D eigenvalue weighted by atomic mass is 10.3. The molecule has 0 saturated carbocycles. The molecule has 0 saturated heterocycles. The molecule has 1 aromatic rings. The van der Waals surface area contributed by atoms with E-state index in [1.165, 1.54) is 0 Å². The molecule has 0 fully saturated rings. The van der Waals surface area contributed by atoms with E-state index in [1.807, 2.05) is 6.92 Å². The fraction of sp³-hybridized carbons (Fsp3) is 0.400. The first-order chi connectivity index (χ1) is 6.26. The zero-order valence-corrected chi connectivity index (χ0v) is 7.91. The molecule has 3 heteroatoms. The van der Waals surface area contributed by atoms with Crippen LogP contribution in [0.5, 0.6) is 17.2 Å². The maximum atomic E-state index is 9.26. The molecule has 0 aliphatic heterocycles. The minimum atomic E-state index is 0.158. The summed E-state index contributed by atoms with van der Waals surface area (Å²) in [7, 11) is 1.55. The Labute approximate surface area is 77.9 Å². The Morgan fingerprint density at radius 2 is 1.92 bits per heavy atom. The molecule has 0 aromatic heterocycles. The zero-order chi connectivity index (χ0) is 9.68. The average molecular weight is 182 g/mol. The highest BCUT2D eigenvalue weighted by Crippen LogP contribution is 2.26. The van der Waals surface area contributed by atoms with Gasteiger partial charge in [-0.2, -0.15) is 0 Å². The molecule has 0 heterocycles. The number of rotatable bonds is 4. The summed E-state index contributed by atoms with van der Waals surface area (Å²) >= 11 is 0. The number of methoxy groups -OCH3 is 1. The van der Waals surface area contributed by atoms with Crippen molar-refractivity contribution >= 4 is 0 Å². The van der Waals surface area contributed by atoms with Crippen LogP contribution in [-0.2, 0) is 0 Å². The van der Waals surface area contributed by atoms with Crippen molar-refractivity contribution in [3.8, 4) is 17.2 Å². The number of benzene rings is 1. The van der Waals surface area contributed by atoms with Crippen LogP contribution in [0.15, 0.2) is 18.2 Å². The summed E-state index contributed by atoms with van der Waals surface area (Å²) in [6.45, 7) is 2.67. The van der Waals surface area contributed by atoms with Crippen LogP contribution in [0.1, 0.15) is 13.3 Å². The number of phenols is 1. The molecule has 0 spiro atoms. The smallest absolute Gasteiger partial charge is 0.126 e. The predicted molar refractivity (Wildman–Crippen MR) is 50.4 cm³/mol. The van der Waals surface area contributed by atoms with Gasteiger partial charge in [-0.3, -0.25) is 0 Å². The highest BCUT2D eigenvalue weighted by atomic mass is 16.5. The third kappa shape index (κ3) is 2.86. The number of aromatic hydroxyl groups is 1. The fourth-order valence-corrected chi connectivity index (χ4v) is 0.978. The van der Waals surface area contributed by atoms with Crippen LogP contribution in [0.3, 0.4) is 0 Å². The molecular formula is C10H14O3. The van der Waals surface area contributed by atoms with E-state index in [0.29, 0.717) is 18.1 Å². The van der Waals surface area contributed by atoms with Gasteiger partial charge in [0.25, 0.3) is 0 Å². The maximum absolute atomic E-state index is 9.26. The first-order valence-corrected chi connectivity index (χ1v) is 4.27. The Morgan fingerprint density at radius 3 is 2.54 bits per heavy atom. The van der Waals surface area contributed by atoms with E-state index in [2.05, 4.69) is 0 Å². The van der Waals surface area contributed by atoms with Gasteiger partial charge in [0.15, 0.2) is 0 Å². The van der Waals surface area contributed by atoms with Crippen LogP contribution in [0, 0.1) is 0 Å². The summed E-state index contributed by atoms with van der Waals surface area (Å²) < 4.78 is 10.3. The van der Waals surface area contributed by atoms with Crippen molar-refractivity contribution in [2.24, 2.45) is 0 Å². The molecule has 0 aliphatic rings. The summed E-state index contributed by atoms with van der Waals surface area (Å²) in [5.41, 5.74) is 0. The first-order valence-electron chi connectivity index (χ1n) is 4.27. The molecule has 0 atom stereocenters. The van der Waals surface area contributed by atoms with E-state index in [1.54, 1.807) is 25.3 Å². The second-order valence-electron chi connectivity index (χ2n) is 2.72. The highest BCUT2D eigenvalue weighted by Gasteiger charge is 2.00. The van der Waals surface area contributed by atoms with Crippen LogP contribution < -0.4 is 9.47 Å². The van der Waals surface area contributed by atoms with Crippen molar-refractivity contribution in [3.63, 3.8) is 0 Å². The van der Waals surface area contributed by atoms with E-state index in [9.17, 15) is 5.11 Å². The summed E-state index contributed by atoms with van der Waals surface area (Å²) in [5, 5.41) is 9.26. The SMILES string of the molecule is CCCOc1cc(O)cc(OC)c1. The summed E-state index contributed by atoms with van der Waals surface area (Å²) in [4.78, 5) is 0. The quantitative estimate of drug-likeness (QED) is 0.775. The van der Waals surface area contributed by atoms with Gasteiger partial charge in [0.05, 0.1) is 13.7 Å². The predicted octanol–water partition coefficient (Wildman–Crippen LogP) is 2.19. The number of hydrogen-bond donors (Lipinski definition) is 1. The molecule has 0 radical (unpaired) electrons. The Balaban J connectivity index is 2.76. The molecule has 3 nitrogen and oxygen atoms in total. The van der Waals surface area contributed by atoms with Crippen molar-refractivity contribution in [1.29, 1.82) is 0 Å². The Morgan fingerprint density at radius 1 is 1.23 bits per heavy atom. The molecule has 0 unspecified atom stereocenters. The van der Waals surface area contributed by atoms with Crippen molar-refractivity contribution < 1.29 is 14.6 Å². The van der Waals surface area contributed by atoms with Crippen molar-refractivity contribution in [2.75, 3.05) is 13.7 Å². The second kappa shape index (κ2) is 4.60. The standard InChI is InChI=1S/C10H14O3/c1-3-4-13-10-6-8(11)5-9(7-10)12-2/h5-7,11H,3-4H2,1-2H3. The molecular weight excluding hydrogens is 168 g/mol. The van der Waals surface area contributed by atoms with E-state index in [0.717, 1.165) is 6.42 Å². The van der Waals surface area contributed by atoms with Gasteiger partial charge < -0.3 is 14.6 Å². The lowest BCUT2D eigenvalue weighted by molar-refractivity contribution is 0.312. The second-order valence-corrected chi connectivity index (χ2v) is 2.72. The summed E-state index contributed by atoms with van der Waals surface area (Å²) in [6.07, 6.45) is 0.942. The van der Waals surface area contributed by atoms with Gasteiger partial charge in [0.2, 0.25) is 0 Å². The van der Waals surface area contributed by atoms with Crippen LogP contribution in [0.4, 0.5) is 0 Å². The van der Waals surface area contributed by atoms with Crippen molar-refractivity contribution in [3.05, 3.63) is 18.2 Å². The van der Waals surface area contributed by atoms with Crippen LogP contribution in [0.2, 0.25) is 0 Å². The number of phenolic OH excluding ortho intramolecular Hbond substituents is 1. The van der Waals surface area contributed by atoms with Crippen LogP contribution in [0.25, 0.3) is 0 Å². The number of hydrogen-bond acceptors (Lipinski definition) is 3. The third-order valence-electron chi connectivity index (χ3n) is 1.57. The van der Waals surface area contributed by atoms with E-state index in [4.69, 9.17) is 9.47 Å². The average Bonchev–Trinajstić information content (AvgIpc) is 2.14. The normalized spacial score (nSPS) is 9.69. The fourth-order valence-electron chi connectivity index (χ4n) is 0.978. The minimum Gasteiger partial charge on any atom is -0.508 e. The van der Waals surface area contributed by atoms with E-state index in [-0.39, 0.29) is 5.75 Å². The van der Waals surface area contributed by atoms with E-state index < -0.39 is 0 Å². The highest BCUT2D eigenvalue weighted by molar-refractivity contribution is 5.41. The largest absolute Gasteiger partial charge is 0.508 e. The molecule has 1 aromatic carbocycles. The lowest BCUT2D eigenvalue weighted by Crippen LogP contribution is -1.95. The molecule has 1 N–H and O–H groups in total. The summed E-state index contributed by atoms with van der Waals surface area (Å²) in [5.74, 6) is 1.40. The minimum absolute atomic E-state index is 0.158. The van der Waals surface area contributed by atoms with E-state index >= 15 is 0 Å². The van der Waals surface area contributed by atoms with Gasteiger partial charge in [-0.25, -0.2) is 0 Å². The van der Waals surface area contributed by atoms with Crippen molar-refractivity contribution in [1.82, 2.24) is 0 Å². The molecule has 0 amide bonds. The molecule has 1 rings (SSSR count). The molecule has 72 valence electrons. The van der Waals surface area contributed by atoms with Gasteiger partial charge in [-0.05, 0) is 6.42 Å². The van der Waals surface area contributed by atoms with Crippen molar-refractivity contribution in [2.45, 2.75) is 13.3 Å². The van der Waals surface area contributed by atoms with Gasteiger partial charge >= 0.3 is 0 Å². The van der Waals surface area contributed by atoms with Gasteiger partial charge in [-0.15, -0.1) is 0 Å². The Kier molecular flexibility index (Phi) is 3.43. The zero-order valence-electron chi connectivity index (χ0n) is 7.91. The van der Waals surface area contributed by atoms with Crippen LogP contribution in [-0.4, -0.2) is 18.8 Å². The first kappa shape index (κ1) is 9.71. The Hall–Kier alpha value is -1.38. The lowest BCUT2D eigenvalue weighted by Gasteiger charge is -2.07.